The number of carbonyl (C=O) groups excluding carboxylic acids is 2. The molecule has 0 spiro atoms. The fourth-order valence-corrected chi connectivity index (χ4v) is 3.49. The van der Waals surface area contributed by atoms with E-state index in [4.69, 9.17) is 16.3 Å². The zero-order valence-electron chi connectivity index (χ0n) is 16.4. The van der Waals surface area contributed by atoms with E-state index in [0.29, 0.717) is 22.0 Å². The predicted octanol–water partition coefficient (Wildman–Crippen LogP) is 4.60. The number of likely N-dealkylation sites (tertiary alicyclic amines) is 1. The molecule has 1 aliphatic rings. The monoisotopic (exact) mass is 400 g/mol. The van der Waals surface area contributed by atoms with Crippen molar-refractivity contribution in [3.8, 4) is 5.75 Å². The third kappa shape index (κ3) is 4.65. The van der Waals surface area contributed by atoms with Crippen LogP contribution in [0.5, 0.6) is 5.75 Å². The molecule has 6 heteroatoms. The Morgan fingerprint density at radius 1 is 1.07 bits per heavy atom. The summed E-state index contributed by atoms with van der Waals surface area (Å²) >= 11 is 5.96. The quantitative estimate of drug-likeness (QED) is 0.797. The first-order valence-corrected chi connectivity index (χ1v) is 9.86. The summed E-state index contributed by atoms with van der Waals surface area (Å²) in [7, 11) is 0. The highest BCUT2D eigenvalue weighted by molar-refractivity contribution is 6.30. The third-order valence-electron chi connectivity index (χ3n) is 4.93. The fraction of sp³-hybridized carbons (Fsp3) is 0.364. The standard InChI is InChI=1S/C22H25ClN2O3/c1-14-12-17(22(27)25-10-4-5-11-25)6-8-19(14)24-21(26)16(3)28-20-9-7-18(23)13-15(20)2/h6-9,12-13,16H,4-5,10-11H2,1-3H3,(H,24,26). The maximum absolute atomic E-state index is 12.5. The molecule has 1 heterocycles. The van der Waals surface area contributed by atoms with Gasteiger partial charge in [-0.05, 0) is 81.1 Å². The number of rotatable bonds is 5. The SMILES string of the molecule is Cc1cc(C(=O)N2CCCC2)ccc1NC(=O)C(C)Oc1ccc(Cl)cc1C. The average molecular weight is 401 g/mol. The van der Waals surface area contributed by atoms with Gasteiger partial charge in [0.1, 0.15) is 5.75 Å². The molecule has 3 rings (SSSR count). The number of nitrogens with one attached hydrogen (secondary N) is 1. The summed E-state index contributed by atoms with van der Waals surface area (Å²) < 4.78 is 5.77. The number of halogens is 1. The van der Waals surface area contributed by atoms with Gasteiger partial charge in [0.2, 0.25) is 0 Å². The van der Waals surface area contributed by atoms with Gasteiger partial charge in [-0.3, -0.25) is 9.59 Å². The Kier molecular flexibility index (Phi) is 6.25. The molecule has 1 aliphatic heterocycles. The zero-order valence-corrected chi connectivity index (χ0v) is 17.2. The third-order valence-corrected chi connectivity index (χ3v) is 5.17. The van der Waals surface area contributed by atoms with Gasteiger partial charge in [-0.15, -0.1) is 0 Å². The van der Waals surface area contributed by atoms with Gasteiger partial charge < -0.3 is 15.0 Å². The highest BCUT2D eigenvalue weighted by atomic mass is 35.5. The van der Waals surface area contributed by atoms with Crippen molar-refractivity contribution in [2.75, 3.05) is 18.4 Å². The van der Waals surface area contributed by atoms with Crippen LogP contribution in [0.4, 0.5) is 5.69 Å². The smallest absolute Gasteiger partial charge is 0.265 e. The molecule has 0 bridgehead atoms. The lowest BCUT2D eigenvalue weighted by Crippen LogP contribution is -2.31. The molecule has 2 amide bonds. The van der Waals surface area contributed by atoms with Gasteiger partial charge in [0.25, 0.3) is 11.8 Å². The molecule has 0 radical (unpaired) electrons. The van der Waals surface area contributed by atoms with E-state index in [1.807, 2.05) is 24.8 Å². The van der Waals surface area contributed by atoms with Gasteiger partial charge in [0.15, 0.2) is 6.10 Å². The van der Waals surface area contributed by atoms with Crippen molar-refractivity contribution in [3.63, 3.8) is 0 Å². The Bertz CT molecular complexity index is 891. The number of anilines is 1. The van der Waals surface area contributed by atoms with Gasteiger partial charge in [0.05, 0.1) is 0 Å². The van der Waals surface area contributed by atoms with Crippen LogP contribution in [0.1, 0.15) is 41.3 Å². The topological polar surface area (TPSA) is 58.6 Å². The van der Waals surface area contributed by atoms with Crippen molar-refractivity contribution in [2.45, 2.75) is 39.7 Å². The average Bonchev–Trinajstić information content (AvgIpc) is 3.19. The van der Waals surface area contributed by atoms with Crippen molar-refractivity contribution in [1.82, 2.24) is 4.90 Å². The lowest BCUT2D eigenvalue weighted by Gasteiger charge is -2.18. The molecule has 2 aromatic carbocycles. The molecule has 2 aromatic rings. The Balaban J connectivity index is 1.65. The summed E-state index contributed by atoms with van der Waals surface area (Å²) in [5.74, 6) is 0.416. The maximum Gasteiger partial charge on any atom is 0.265 e. The second-order valence-electron chi connectivity index (χ2n) is 7.19. The van der Waals surface area contributed by atoms with E-state index in [1.165, 1.54) is 0 Å². The molecule has 0 aliphatic carbocycles. The van der Waals surface area contributed by atoms with Crippen LogP contribution in [0.25, 0.3) is 0 Å². The van der Waals surface area contributed by atoms with Gasteiger partial charge >= 0.3 is 0 Å². The Morgan fingerprint density at radius 3 is 2.43 bits per heavy atom. The molecule has 1 N–H and O–H groups in total. The summed E-state index contributed by atoms with van der Waals surface area (Å²) in [4.78, 5) is 26.9. The van der Waals surface area contributed by atoms with E-state index in [0.717, 1.165) is 37.1 Å². The number of amides is 2. The van der Waals surface area contributed by atoms with Crippen LogP contribution in [0.2, 0.25) is 5.02 Å². The molecule has 1 fully saturated rings. The van der Waals surface area contributed by atoms with Crippen molar-refractivity contribution < 1.29 is 14.3 Å². The molecule has 1 unspecified atom stereocenters. The van der Waals surface area contributed by atoms with Crippen molar-refractivity contribution in [3.05, 3.63) is 58.1 Å². The number of carbonyl (C=O) groups is 2. The lowest BCUT2D eigenvalue weighted by molar-refractivity contribution is -0.122. The minimum atomic E-state index is -0.676. The second kappa shape index (κ2) is 8.65. The molecule has 5 nitrogen and oxygen atoms in total. The molecule has 0 aromatic heterocycles. The number of hydrogen-bond acceptors (Lipinski definition) is 3. The summed E-state index contributed by atoms with van der Waals surface area (Å²) in [5.41, 5.74) is 3.03. The molecular formula is C22H25ClN2O3. The Labute approximate surface area is 170 Å². The summed E-state index contributed by atoms with van der Waals surface area (Å²) in [5, 5.41) is 3.51. The molecule has 28 heavy (non-hydrogen) atoms. The predicted molar refractivity (Wildman–Crippen MR) is 111 cm³/mol. The number of ether oxygens (including phenoxy) is 1. The number of hydrogen-bond donors (Lipinski definition) is 1. The normalized spacial score (nSPS) is 14.6. The van der Waals surface area contributed by atoms with E-state index in [-0.39, 0.29) is 11.8 Å². The Morgan fingerprint density at radius 2 is 1.79 bits per heavy atom. The number of nitrogens with zero attached hydrogens (tertiary/aromatic N) is 1. The number of aryl methyl sites for hydroxylation is 2. The fourth-order valence-electron chi connectivity index (χ4n) is 3.26. The summed E-state index contributed by atoms with van der Waals surface area (Å²) in [6.07, 6.45) is 1.44. The van der Waals surface area contributed by atoms with Gasteiger partial charge in [-0.1, -0.05) is 11.6 Å². The molecule has 0 saturated carbocycles. The van der Waals surface area contributed by atoms with Crippen LogP contribution in [0, 0.1) is 13.8 Å². The van der Waals surface area contributed by atoms with Crippen LogP contribution in [-0.4, -0.2) is 35.9 Å². The summed E-state index contributed by atoms with van der Waals surface area (Å²) in [6.45, 7) is 7.09. The van der Waals surface area contributed by atoms with Crippen LogP contribution in [-0.2, 0) is 4.79 Å². The number of benzene rings is 2. The van der Waals surface area contributed by atoms with Gasteiger partial charge in [0, 0.05) is 29.4 Å². The van der Waals surface area contributed by atoms with E-state index in [1.54, 1.807) is 37.3 Å². The van der Waals surface area contributed by atoms with Crippen molar-refractivity contribution in [2.24, 2.45) is 0 Å². The first kappa shape index (κ1) is 20.2. The van der Waals surface area contributed by atoms with Crippen LogP contribution >= 0.6 is 11.6 Å². The van der Waals surface area contributed by atoms with E-state index in [2.05, 4.69) is 5.32 Å². The molecule has 1 atom stereocenters. The van der Waals surface area contributed by atoms with Gasteiger partial charge in [-0.2, -0.15) is 0 Å². The van der Waals surface area contributed by atoms with Crippen LogP contribution in [0.3, 0.4) is 0 Å². The lowest BCUT2D eigenvalue weighted by atomic mass is 10.1. The minimum Gasteiger partial charge on any atom is -0.481 e. The Hall–Kier alpha value is -2.53. The van der Waals surface area contributed by atoms with E-state index >= 15 is 0 Å². The highest BCUT2D eigenvalue weighted by Crippen LogP contribution is 2.24. The molecule has 1 saturated heterocycles. The van der Waals surface area contributed by atoms with Crippen LogP contribution < -0.4 is 10.1 Å². The van der Waals surface area contributed by atoms with E-state index < -0.39 is 6.10 Å². The van der Waals surface area contributed by atoms with E-state index in [9.17, 15) is 9.59 Å². The minimum absolute atomic E-state index is 0.0494. The van der Waals surface area contributed by atoms with Crippen molar-refractivity contribution in [1.29, 1.82) is 0 Å². The highest BCUT2D eigenvalue weighted by Gasteiger charge is 2.21. The van der Waals surface area contributed by atoms with Gasteiger partial charge in [-0.25, -0.2) is 0 Å². The zero-order chi connectivity index (χ0) is 20.3. The maximum atomic E-state index is 12.5. The summed E-state index contributed by atoms with van der Waals surface area (Å²) in [6, 6.07) is 10.6. The van der Waals surface area contributed by atoms with Crippen molar-refractivity contribution >= 4 is 29.1 Å². The first-order chi connectivity index (χ1) is 13.3. The second-order valence-corrected chi connectivity index (χ2v) is 7.62. The van der Waals surface area contributed by atoms with Crippen LogP contribution in [0.15, 0.2) is 36.4 Å². The largest absolute Gasteiger partial charge is 0.481 e. The molecular weight excluding hydrogens is 376 g/mol. The molecule has 148 valence electrons. The first-order valence-electron chi connectivity index (χ1n) is 9.49.